The highest BCUT2D eigenvalue weighted by molar-refractivity contribution is 7.10. The first kappa shape index (κ1) is 28.5. The van der Waals surface area contributed by atoms with Crippen molar-refractivity contribution in [1.29, 1.82) is 0 Å². The number of anilines is 1. The van der Waals surface area contributed by atoms with Gasteiger partial charge in [0.1, 0.15) is 11.8 Å². The van der Waals surface area contributed by atoms with Gasteiger partial charge in [-0.25, -0.2) is 4.98 Å². The Morgan fingerprint density at radius 1 is 1.00 bits per heavy atom. The number of aliphatic hydroxyl groups is 1. The minimum Gasteiger partial charge on any atom is -0.383 e. The van der Waals surface area contributed by atoms with Gasteiger partial charge in [0.2, 0.25) is 0 Å². The molecule has 10 heteroatoms. The molecular weight excluding hydrogens is 551 g/mol. The van der Waals surface area contributed by atoms with Crippen LogP contribution in [-0.2, 0) is 17.4 Å². The van der Waals surface area contributed by atoms with E-state index in [0.717, 1.165) is 22.7 Å². The second-order valence-corrected chi connectivity index (χ2v) is 10.8. The highest BCUT2D eigenvalue weighted by atomic mass is 32.1. The lowest BCUT2D eigenvalue weighted by Gasteiger charge is -2.32. The van der Waals surface area contributed by atoms with E-state index in [9.17, 15) is 27.9 Å². The summed E-state index contributed by atoms with van der Waals surface area (Å²) in [5.74, 6) is -0.663. The molecule has 0 radical (unpaired) electrons. The number of likely N-dealkylation sites (tertiary alicyclic amines) is 1. The quantitative estimate of drug-likeness (QED) is 0.266. The number of piperidine rings is 1. The van der Waals surface area contributed by atoms with Crippen molar-refractivity contribution in [2.24, 2.45) is 0 Å². The molecule has 0 saturated carbocycles. The van der Waals surface area contributed by atoms with E-state index < -0.39 is 23.8 Å². The SMILES string of the molecule is O=C(Nc1ccccc1-c1cccc(C(F)(F)F)c1)c1csc(C2CCN(C(=O)C(O)Cc3ccccc3)CC2)n1. The number of alkyl halides is 3. The van der Waals surface area contributed by atoms with Gasteiger partial charge >= 0.3 is 6.18 Å². The van der Waals surface area contributed by atoms with Gasteiger partial charge in [0.25, 0.3) is 11.8 Å². The number of thiazole rings is 1. The Morgan fingerprint density at radius 3 is 2.44 bits per heavy atom. The number of hydrogen-bond donors (Lipinski definition) is 2. The number of rotatable bonds is 7. The summed E-state index contributed by atoms with van der Waals surface area (Å²) in [5, 5.41) is 15.7. The zero-order chi connectivity index (χ0) is 29.0. The van der Waals surface area contributed by atoms with Crippen molar-refractivity contribution < 1.29 is 27.9 Å². The molecule has 1 saturated heterocycles. The first-order valence-corrected chi connectivity index (χ1v) is 14.1. The lowest BCUT2D eigenvalue weighted by atomic mass is 9.96. The largest absolute Gasteiger partial charge is 0.416 e. The Balaban J connectivity index is 1.20. The fourth-order valence-electron chi connectivity index (χ4n) is 4.95. The van der Waals surface area contributed by atoms with Crippen LogP contribution in [0.5, 0.6) is 0 Å². The van der Waals surface area contributed by atoms with E-state index in [1.54, 1.807) is 40.6 Å². The van der Waals surface area contributed by atoms with Gasteiger partial charge in [0.15, 0.2) is 0 Å². The van der Waals surface area contributed by atoms with Crippen LogP contribution in [0.25, 0.3) is 11.1 Å². The molecule has 1 atom stereocenters. The first-order valence-electron chi connectivity index (χ1n) is 13.2. The topological polar surface area (TPSA) is 82.5 Å². The number of amides is 2. The normalized spacial score (nSPS) is 15.0. The number of halogens is 3. The molecule has 4 aromatic rings. The second-order valence-electron chi connectivity index (χ2n) is 9.95. The second kappa shape index (κ2) is 12.2. The average Bonchev–Trinajstić information content (AvgIpc) is 3.48. The van der Waals surface area contributed by atoms with Crippen LogP contribution in [0.3, 0.4) is 0 Å². The molecule has 1 aliphatic rings. The summed E-state index contributed by atoms with van der Waals surface area (Å²) in [6.07, 6.45) is -3.98. The number of aliphatic hydroxyl groups excluding tert-OH is 1. The maximum atomic E-state index is 13.2. The lowest BCUT2D eigenvalue weighted by Crippen LogP contribution is -2.44. The molecule has 0 aliphatic carbocycles. The molecule has 1 aliphatic heterocycles. The van der Waals surface area contributed by atoms with Crippen molar-refractivity contribution in [3.8, 4) is 11.1 Å². The van der Waals surface area contributed by atoms with Gasteiger partial charge in [0.05, 0.1) is 10.6 Å². The zero-order valence-electron chi connectivity index (χ0n) is 22.0. The zero-order valence-corrected chi connectivity index (χ0v) is 22.8. The molecule has 1 fully saturated rings. The van der Waals surface area contributed by atoms with Crippen LogP contribution < -0.4 is 5.32 Å². The van der Waals surface area contributed by atoms with Gasteiger partial charge in [-0.1, -0.05) is 60.7 Å². The predicted octanol–water partition coefficient (Wildman–Crippen LogP) is 6.39. The Kier molecular flexibility index (Phi) is 8.51. The molecule has 212 valence electrons. The molecule has 0 spiro atoms. The monoisotopic (exact) mass is 579 g/mol. The Bertz CT molecular complexity index is 1520. The van der Waals surface area contributed by atoms with Crippen LogP contribution in [0.2, 0.25) is 0 Å². The van der Waals surface area contributed by atoms with Crippen LogP contribution in [-0.4, -0.2) is 46.0 Å². The molecule has 5 rings (SSSR count). The molecule has 41 heavy (non-hydrogen) atoms. The Labute approximate surface area is 239 Å². The molecule has 1 aromatic heterocycles. The number of carbonyl (C=O) groups is 2. The van der Waals surface area contributed by atoms with Crippen molar-refractivity contribution in [3.63, 3.8) is 0 Å². The summed E-state index contributed by atoms with van der Waals surface area (Å²) in [6.45, 7) is 0.974. The maximum absolute atomic E-state index is 13.2. The fourth-order valence-corrected chi connectivity index (χ4v) is 5.93. The molecule has 1 unspecified atom stereocenters. The smallest absolute Gasteiger partial charge is 0.383 e. The highest BCUT2D eigenvalue weighted by Gasteiger charge is 2.31. The van der Waals surface area contributed by atoms with E-state index in [-0.39, 0.29) is 23.9 Å². The summed E-state index contributed by atoms with van der Waals surface area (Å²) >= 11 is 1.37. The van der Waals surface area contributed by atoms with Gasteiger partial charge in [-0.3, -0.25) is 9.59 Å². The van der Waals surface area contributed by atoms with Crippen molar-refractivity contribution >= 4 is 28.8 Å². The third kappa shape index (κ3) is 6.83. The predicted molar refractivity (Wildman–Crippen MR) is 152 cm³/mol. The molecule has 2 N–H and O–H groups in total. The third-order valence-electron chi connectivity index (χ3n) is 7.14. The lowest BCUT2D eigenvalue weighted by molar-refractivity contribution is -0.141. The maximum Gasteiger partial charge on any atom is 0.416 e. The van der Waals surface area contributed by atoms with Crippen molar-refractivity contribution in [2.75, 3.05) is 18.4 Å². The summed E-state index contributed by atoms with van der Waals surface area (Å²) < 4.78 is 39.7. The van der Waals surface area contributed by atoms with E-state index in [1.165, 1.54) is 17.4 Å². The van der Waals surface area contributed by atoms with Gasteiger partial charge in [-0.2, -0.15) is 13.2 Å². The fraction of sp³-hybridized carbons (Fsp3) is 0.258. The number of benzene rings is 3. The van der Waals surface area contributed by atoms with Crippen LogP contribution in [0, 0.1) is 0 Å². The minimum atomic E-state index is -4.48. The van der Waals surface area contributed by atoms with E-state index in [1.807, 2.05) is 30.3 Å². The molecule has 6 nitrogen and oxygen atoms in total. The standard InChI is InChI=1S/C31H28F3N3O3S/c32-31(33,34)23-10-6-9-22(18-23)24-11-4-5-12-25(24)35-28(39)26-19-41-29(36-26)21-13-15-37(16-14-21)30(40)27(38)17-20-7-2-1-3-8-20/h1-12,18-19,21,27,38H,13-17H2,(H,35,39). The minimum absolute atomic E-state index is 0.0780. The Hall–Kier alpha value is -4.02. The van der Waals surface area contributed by atoms with E-state index in [2.05, 4.69) is 10.3 Å². The van der Waals surface area contributed by atoms with Gasteiger partial charge < -0.3 is 15.3 Å². The van der Waals surface area contributed by atoms with Crippen LogP contribution in [0.4, 0.5) is 18.9 Å². The molecule has 0 bridgehead atoms. The van der Waals surface area contributed by atoms with Crippen LogP contribution >= 0.6 is 11.3 Å². The van der Waals surface area contributed by atoms with Crippen molar-refractivity contribution in [3.05, 3.63) is 106 Å². The summed E-state index contributed by atoms with van der Waals surface area (Å²) in [7, 11) is 0. The van der Waals surface area contributed by atoms with Gasteiger partial charge in [-0.15, -0.1) is 11.3 Å². The van der Waals surface area contributed by atoms with Crippen molar-refractivity contribution in [1.82, 2.24) is 9.88 Å². The molecule has 3 aromatic carbocycles. The number of nitrogens with one attached hydrogen (secondary N) is 1. The summed E-state index contributed by atoms with van der Waals surface area (Å²) in [5.41, 5.74) is 1.54. The number of aromatic nitrogens is 1. The number of nitrogens with zero attached hydrogens (tertiary/aromatic N) is 2. The number of hydrogen-bond acceptors (Lipinski definition) is 5. The highest BCUT2D eigenvalue weighted by Crippen LogP contribution is 2.35. The van der Waals surface area contributed by atoms with Gasteiger partial charge in [0, 0.05) is 42.1 Å². The average molecular weight is 580 g/mol. The van der Waals surface area contributed by atoms with Crippen LogP contribution in [0.15, 0.2) is 84.2 Å². The molecular formula is C31H28F3N3O3S. The van der Waals surface area contributed by atoms with E-state index >= 15 is 0 Å². The van der Waals surface area contributed by atoms with Gasteiger partial charge in [-0.05, 0) is 42.2 Å². The van der Waals surface area contributed by atoms with Crippen molar-refractivity contribution in [2.45, 2.75) is 37.5 Å². The van der Waals surface area contributed by atoms with E-state index in [4.69, 9.17) is 0 Å². The molecule has 2 heterocycles. The molecule has 2 amide bonds. The Morgan fingerprint density at radius 2 is 1.71 bits per heavy atom. The summed E-state index contributed by atoms with van der Waals surface area (Å²) in [4.78, 5) is 32.0. The van der Waals surface area contributed by atoms with E-state index in [0.29, 0.717) is 42.7 Å². The summed E-state index contributed by atoms with van der Waals surface area (Å²) in [6, 6.07) is 21.1. The third-order valence-corrected chi connectivity index (χ3v) is 8.15. The van der Waals surface area contributed by atoms with Crippen LogP contribution in [0.1, 0.15) is 45.4 Å². The number of carbonyl (C=O) groups excluding carboxylic acids is 2. The first-order chi connectivity index (χ1) is 19.7. The number of para-hydroxylation sites is 1.